The van der Waals surface area contributed by atoms with Crippen molar-refractivity contribution in [2.24, 2.45) is 0 Å². The molecule has 1 saturated heterocycles. The molecule has 1 aliphatic rings. The van der Waals surface area contributed by atoms with E-state index in [1.165, 1.54) is 6.20 Å². The number of aromatic nitrogens is 3. The molecule has 0 aliphatic carbocycles. The molecule has 8 heteroatoms. The van der Waals surface area contributed by atoms with Gasteiger partial charge in [-0.2, -0.15) is 0 Å². The van der Waals surface area contributed by atoms with E-state index >= 15 is 0 Å². The minimum Gasteiger partial charge on any atom is -0.366 e. The summed E-state index contributed by atoms with van der Waals surface area (Å²) in [5.74, 6) is 0.669. The van der Waals surface area contributed by atoms with Crippen molar-refractivity contribution < 1.29 is 10.2 Å². The second kappa shape index (κ2) is 7.21. The molecule has 0 amide bonds. The van der Waals surface area contributed by atoms with Gasteiger partial charge in [-0.3, -0.25) is 0 Å². The van der Waals surface area contributed by atoms with E-state index in [1.807, 2.05) is 13.8 Å². The first-order valence-electron chi connectivity index (χ1n) is 8.65. The van der Waals surface area contributed by atoms with Crippen molar-refractivity contribution >= 4 is 22.7 Å². The molecule has 24 heavy (non-hydrogen) atoms. The van der Waals surface area contributed by atoms with E-state index in [0.29, 0.717) is 11.5 Å². The van der Waals surface area contributed by atoms with Crippen LogP contribution in [0.5, 0.6) is 0 Å². The first-order valence-corrected chi connectivity index (χ1v) is 8.15. The number of hydrogen-bond donors (Lipinski definition) is 3. The summed E-state index contributed by atoms with van der Waals surface area (Å²) in [6.45, 7) is 5.60. The number of piperidine rings is 1. The van der Waals surface area contributed by atoms with Gasteiger partial charge in [0.05, 0.1) is 1.37 Å². The van der Waals surface area contributed by atoms with Gasteiger partial charge in [-0.05, 0) is 39.3 Å². The van der Waals surface area contributed by atoms with Gasteiger partial charge in [0.2, 0.25) is 5.95 Å². The fraction of sp³-hybridized carbons (Fsp3) is 0.562. The molecule has 0 aromatic carbocycles. The summed E-state index contributed by atoms with van der Waals surface area (Å²) in [4.78, 5) is 12.6. The maximum atomic E-state index is 13.2. The average Bonchev–Trinajstić information content (AvgIpc) is 2.57. The number of nitrogens with one attached hydrogen (secondary N) is 3. The SMILES string of the molecule is [2H]c1c(C(F)F)nc(NC(C)C)c2nc(N[C@H]3CCCNC3)ncc12. The van der Waals surface area contributed by atoms with Crippen LogP contribution in [0.3, 0.4) is 0 Å². The van der Waals surface area contributed by atoms with E-state index in [4.69, 9.17) is 1.37 Å². The number of hydrogen-bond acceptors (Lipinski definition) is 6. The third kappa shape index (κ3) is 3.87. The molecule has 2 aromatic heterocycles. The largest absolute Gasteiger partial charge is 0.366 e. The maximum Gasteiger partial charge on any atom is 0.280 e. The van der Waals surface area contributed by atoms with Crippen LogP contribution in [0.15, 0.2) is 12.2 Å². The van der Waals surface area contributed by atoms with Crippen LogP contribution < -0.4 is 16.0 Å². The second-order valence-electron chi connectivity index (χ2n) is 6.21. The summed E-state index contributed by atoms with van der Waals surface area (Å²) in [5.41, 5.74) is -0.180. The molecule has 1 atom stereocenters. The Morgan fingerprint density at radius 1 is 1.38 bits per heavy atom. The van der Waals surface area contributed by atoms with Gasteiger partial charge >= 0.3 is 0 Å². The number of rotatable bonds is 5. The van der Waals surface area contributed by atoms with Crippen LogP contribution in [-0.4, -0.2) is 40.1 Å². The Labute approximate surface area is 140 Å². The summed E-state index contributed by atoms with van der Waals surface area (Å²) in [6.07, 6.45) is 0.678. The van der Waals surface area contributed by atoms with Gasteiger partial charge in [0.15, 0.2) is 5.82 Å². The molecule has 0 unspecified atom stereocenters. The highest BCUT2D eigenvalue weighted by molar-refractivity contribution is 5.88. The summed E-state index contributed by atoms with van der Waals surface area (Å²) in [7, 11) is 0. The van der Waals surface area contributed by atoms with Crippen molar-refractivity contribution in [3.63, 3.8) is 0 Å². The molecule has 130 valence electrons. The molecule has 3 N–H and O–H groups in total. The van der Waals surface area contributed by atoms with Gasteiger partial charge in [0.1, 0.15) is 11.2 Å². The average molecular weight is 337 g/mol. The van der Waals surface area contributed by atoms with Gasteiger partial charge < -0.3 is 16.0 Å². The normalized spacial score (nSPS) is 18.9. The number of pyridine rings is 1. The first-order chi connectivity index (χ1) is 12.0. The lowest BCUT2D eigenvalue weighted by Crippen LogP contribution is -2.38. The van der Waals surface area contributed by atoms with Crippen LogP contribution in [0.2, 0.25) is 0 Å². The smallest absolute Gasteiger partial charge is 0.280 e. The molecule has 3 rings (SSSR count). The number of halogens is 2. The molecular formula is C16H22F2N6. The molecule has 1 fully saturated rings. The Hall–Kier alpha value is -2.09. The Morgan fingerprint density at radius 2 is 2.21 bits per heavy atom. The van der Waals surface area contributed by atoms with Gasteiger partial charge in [-0.25, -0.2) is 23.7 Å². The van der Waals surface area contributed by atoms with E-state index in [2.05, 4.69) is 30.9 Å². The third-order valence-corrected chi connectivity index (χ3v) is 3.77. The Morgan fingerprint density at radius 3 is 2.88 bits per heavy atom. The Bertz CT molecular complexity index is 749. The highest BCUT2D eigenvalue weighted by Gasteiger charge is 2.17. The quantitative estimate of drug-likeness (QED) is 0.779. The van der Waals surface area contributed by atoms with Crippen molar-refractivity contribution in [1.29, 1.82) is 0 Å². The fourth-order valence-corrected chi connectivity index (χ4v) is 2.70. The molecule has 0 saturated carbocycles. The molecule has 0 spiro atoms. The minimum atomic E-state index is -2.82. The number of fused-ring (bicyclic) bond motifs is 1. The number of nitrogens with zero attached hydrogens (tertiary/aromatic N) is 3. The van der Waals surface area contributed by atoms with Crippen molar-refractivity contribution in [2.75, 3.05) is 23.7 Å². The van der Waals surface area contributed by atoms with Crippen LogP contribution in [0.25, 0.3) is 10.9 Å². The van der Waals surface area contributed by atoms with E-state index < -0.39 is 12.1 Å². The Kier molecular flexibility index (Phi) is 4.64. The van der Waals surface area contributed by atoms with Crippen LogP contribution in [0.4, 0.5) is 20.5 Å². The summed E-state index contributed by atoms with van der Waals surface area (Å²) in [5, 5.41) is 9.87. The zero-order chi connectivity index (χ0) is 18.0. The third-order valence-electron chi connectivity index (χ3n) is 3.77. The van der Waals surface area contributed by atoms with Crippen LogP contribution >= 0.6 is 0 Å². The van der Waals surface area contributed by atoms with Crippen LogP contribution in [-0.2, 0) is 0 Å². The summed E-state index contributed by atoms with van der Waals surface area (Å²) < 4.78 is 34.4. The summed E-state index contributed by atoms with van der Waals surface area (Å²) >= 11 is 0. The monoisotopic (exact) mass is 337 g/mol. The van der Waals surface area contributed by atoms with E-state index in [1.54, 1.807) is 0 Å². The Balaban J connectivity index is 2.02. The molecule has 3 heterocycles. The first kappa shape index (κ1) is 15.4. The topological polar surface area (TPSA) is 74.8 Å². The zero-order valence-electron chi connectivity index (χ0n) is 14.7. The minimum absolute atomic E-state index is 0.00766. The van der Waals surface area contributed by atoms with E-state index in [0.717, 1.165) is 25.9 Å². The molecule has 0 bridgehead atoms. The van der Waals surface area contributed by atoms with Crippen molar-refractivity contribution in [3.8, 4) is 0 Å². The van der Waals surface area contributed by atoms with Crippen molar-refractivity contribution in [1.82, 2.24) is 20.3 Å². The standard InChI is InChI=1S/C16H22F2N6/c1-9(2)21-15-13-10(6-12(23-15)14(17)18)7-20-16(24-13)22-11-4-3-5-19-8-11/h6-7,9,11,14,19H,3-5,8H2,1-2H3,(H,21,23)(H,20,22,24)/t11-/m0/s1/i6D. The molecule has 6 nitrogen and oxygen atoms in total. The van der Waals surface area contributed by atoms with Crippen LogP contribution in [0, 0.1) is 0 Å². The second-order valence-corrected chi connectivity index (χ2v) is 6.21. The van der Waals surface area contributed by atoms with Gasteiger partial charge in [-0.15, -0.1) is 0 Å². The van der Waals surface area contributed by atoms with E-state index in [-0.39, 0.29) is 29.3 Å². The lowest BCUT2D eigenvalue weighted by atomic mass is 10.1. The van der Waals surface area contributed by atoms with Crippen molar-refractivity contribution in [3.05, 3.63) is 17.9 Å². The molecule has 0 radical (unpaired) electrons. The predicted octanol–water partition coefficient (Wildman–Crippen LogP) is 2.95. The summed E-state index contributed by atoms with van der Waals surface area (Å²) in [6, 6.07) is -0.117. The lowest BCUT2D eigenvalue weighted by molar-refractivity contribution is 0.146. The molecule has 2 aromatic rings. The highest BCUT2D eigenvalue weighted by Crippen LogP contribution is 2.27. The van der Waals surface area contributed by atoms with E-state index in [9.17, 15) is 8.78 Å². The molecule has 1 aliphatic heterocycles. The predicted molar refractivity (Wildman–Crippen MR) is 90.6 cm³/mol. The molecular weight excluding hydrogens is 314 g/mol. The van der Waals surface area contributed by atoms with Gasteiger partial charge in [0, 0.05) is 30.2 Å². The van der Waals surface area contributed by atoms with Crippen molar-refractivity contribution in [2.45, 2.75) is 45.2 Å². The number of alkyl halides is 2. The zero-order valence-corrected chi connectivity index (χ0v) is 13.7. The fourth-order valence-electron chi connectivity index (χ4n) is 2.70. The van der Waals surface area contributed by atoms with Crippen LogP contribution in [0.1, 0.15) is 40.2 Å². The van der Waals surface area contributed by atoms with Gasteiger partial charge in [-0.1, -0.05) is 0 Å². The maximum absolute atomic E-state index is 13.2. The lowest BCUT2D eigenvalue weighted by Gasteiger charge is -2.23. The number of anilines is 2. The van der Waals surface area contributed by atoms with Gasteiger partial charge in [0.25, 0.3) is 6.43 Å². The highest BCUT2D eigenvalue weighted by atomic mass is 19.3.